The Morgan fingerprint density at radius 1 is 1.24 bits per heavy atom. The van der Waals surface area contributed by atoms with Crippen LogP contribution in [0.15, 0.2) is 42.5 Å². The molecule has 0 unspecified atom stereocenters. The molecule has 33 heavy (non-hydrogen) atoms. The second-order valence-electron chi connectivity index (χ2n) is 8.05. The number of hydrogen-bond acceptors (Lipinski definition) is 4. The summed E-state index contributed by atoms with van der Waals surface area (Å²) in [7, 11) is 1.76. The van der Waals surface area contributed by atoms with Crippen LogP contribution in [0.4, 0.5) is 19.1 Å². The highest BCUT2D eigenvalue weighted by Crippen LogP contribution is 2.32. The summed E-state index contributed by atoms with van der Waals surface area (Å²) in [5, 5.41) is 11.9. The number of aromatic nitrogens is 2. The Morgan fingerprint density at radius 3 is 2.70 bits per heavy atom. The average Bonchev–Trinajstić information content (AvgIpc) is 3.30. The molecule has 1 atom stereocenters. The Labute approximate surface area is 187 Å². The van der Waals surface area contributed by atoms with E-state index in [1.54, 1.807) is 28.6 Å². The molecule has 4 rings (SSSR count). The molecule has 2 aromatic carbocycles. The number of aliphatic hydroxyl groups excluding tert-OH is 1. The summed E-state index contributed by atoms with van der Waals surface area (Å²) in [5.41, 5.74) is 0.988. The molecule has 10 heteroatoms. The molecule has 1 aromatic heterocycles. The lowest BCUT2D eigenvalue weighted by Crippen LogP contribution is -2.21. The molecule has 0 radical (unpaired) electrons. The molecule has 2 N–H and O–H groups in total. The summed E-state index contributed by atoms with van der Waals surface area (Å²) in [6.45, 7) is 0.933. The maximum absolute atomic E-state index is 13.0. The fourth-order valence-electron chi connectivity index (χ4n) is 4.06. The Bertz CT molecular complexity index is 1210. The number of nitrogens with zero attached hydrogens (tertiary/aromatic N) is 3. The number of amides is 2. The lowest BCUT2D eigenvalue weighted by atomic mass is 9.97. The van der Waals surface area contributed by atoms with Gasteiger partial charge in [-0.2, -0.15) is 13.2 Å². The minimum Gasteiger partial charge on any atom is -0.396 e. The van der Waals surface area contributed by atoms with Crippen LogP contribution in [0.1, 0.15) is 40.2 Å². The van der Waals surface area contributed by atoms with Crippen molar-refractivity contribution in [2.45, 2.75) is 31.5 Å². The van der Waals surface area contributed by atoms with Gasteiger partial charge in [-0.05, 0) is 48.7 Å². The maximum Gasteiger partial charge on any atom is 0.416 e. The molecule has 1 saturated heterocycles. The molecular weight excluding hydrogens is 437 g/mol. The standard InChI is InChI=1S/C23H23F3N4O3/c1-29-10-8-17(21(29)33)14-6-7-19-18(13-14)27-22(30(19)9-3-11-31)28-20(32)15-4-2-5-16(12-15)23(24,25)26/h2,4-7,12-13,17,31H,3,8-11H2,1H3,(H,27,28,32)/t17-/m1/s1. The van der Waals surface area contributed by atoms with Crippen molar-refractivity contribution < 1.29 is 27.9 Å². The SMILES string of the molecule is CN1CC[C@H](c2ccc3c(c2)nc(NC(=O)c2cccc(C(F)(F)F)c2)n3CCCO)C1=O. The number of likely N-dealkylation sites (tertiary alicyclic amines) is 1. The number of benzene rings is 2. The molecule has 0 bridgehead atoms. The molecule has 2 heterocycles. The van der Waals surface area contributed by atoms with E-state index in [-0.39, 0.29) is 29.9 Å². The number of anilines is 1. The molecule has 7 nitrogen and oxygen atoms in total. The Morgan fingerprint density at radius 2 is 2.03 bits per heavy atom. The van der Waals surface area contributed by atoms with Gasteiger partial charge in [0.25, 0.3) is 5.91 Å². The number of hydrogen-bond donors (Lipinski definition) is 2. The van der Waals surface area contributed by atoms with Crippen molar-refractivity contribution in [3.63, 3.8) is 0 Å². The number of nitrogens with one attached hydrogen (secondary N) is 1. The number of likely N-dealkylation sites (N-methyl/N-ethyl adjacent to an activating group) is 1. The van der Waals surface area contributed by atoms with Gasteiger partial charge in [0, 0.05) is 32.3 Å². The number of carbonyl (C=O) groups is 2. The van der Waals surface area contributed by atoms with Crippen LogP contribution in [-0.2, 0) is 17.5 Å². The average molecular weight is 460 g/mol. The topological polar surface area (TPSA) is 87.5 Å². The van der Waals surface area contributed by atoms with Gasteiger partial charge in [0.2, 0.25) is 11.9 Å². The van der Waals surface area contributed by atoms with Crippen LogP contribution in [0, 0.1) is 0 Å². The first-order valence-electron chi connectivity index (χ1n) is 10.5. The van der Waals surface area contributed by atoms with E-state index in [1.165, 1.54) is 12.1 Å². The summed E-state index contributed by atoms with van der Waals surface area (Å²) in [5.74, 6) is -0.792. The molecular formula is C23H23F3N4O3. The molecule has 0 aliphatic carbocycles. The molecule has 1 aliphatic rings. The van der Waals surface area contributed by atoms with Crippen LogP contribution in [-0.4, -0.2) is 51.6 Å². The summed E-state index contributed by atoms with van der Waals surface area (Å²) in [6.07, 6.45) is -3.47. The molecule has 0 spiro atoms. The van der Waals surface area contributed by atoms with Crippen molar-refractivity contribution in [3.05, 3.63) is 59.2 Å². The van der Waals surface area contributed by atoms with E-state index in [4.69, 9.17) is 0 Å². The normalized spacial score (nSPS) is 16.6. The number of alkyl halides is 3. The van der Waals surface area contributed by atoms with Crippen molar-refractivity contribution in [2.24, 2.45) is 0 Å². The summed E-state index contributed by atoms with van der Waals surface area (Å²) >= 11 is 0. The first-order chi connectivity index (χ1) is 15.7. The van der Waals surface area contributed by atoms with Crippen LogP contribution in [0.5, 0.6) is 0 Å². The zero-order valence-electron chi connectivity index (χ0n) is 17.9. The van der Waals surface area contributed by atoms with Gasteiger partial charge < -0.3 is 14.6 Å². The second kappa shape index (κ2) is 8.86. The number of fused-ring (bicyclic) bond motifs is 1. The third kappa shape index (κ3) is 4.56. The molecule has 1 aliphatic heterocycles. The van der Waals surface area contributed by atoms with Gasteiger partial charge in [-0.3, -0.25) is 14.9 Å². The molecule has 1 fully saturated rings. The number of imidazole rings is 1. The number of aryl methyl sites for hydroxylation is 1. The zero-order valence-corrected chi connectivity index (χ0v) is 17.9. The van der Waals surface area contributed by atoms with E-state index < -0.39 is 17.6 Å². The smallest absolute Gasteiger partial charge is 0.396 e. The Balaban J connectivity index is 1.67. The monoisotopic (exact) mass is 460 g/mol. The Kier molecular flexibility index (Phi) is 6.11. The van der Waals surface area contributed by atoms with Crippen LogP contribution >= 0.6 is 0 Å². The highest BCUT2D eigenvalue weighted by Gasteiger charge is 2.32. The van der Waals surface area contributed by atoms with Gasteiger partial charge in [0.15, 0.2) is 0 Å². The maximum atomic E-state index is 13.0. The van der Waals surface area contributed by atoms with Crippen LogP contribution in [0.2, 0.25) is 0 Å². The van der Waals surface area contributed by atoms with Crippen molar-refractivity contribution >= 4 is 28.8 Å². The van der Waals surface area contributed by atoms with E-state index in [9.17, 15) is 27.9 Å². The second-order valence-corrected chi connectivity index (χ2v) is 8.05. The number of carbonyl (C=O) groups excluding carboxylic acids is 2. The lowest BCUT2D eigenvalue weighted by molar-refractivity contribution is -0.137. The van der Waals surface area contributed by atoms with Crippen molar-refractivity contribution in [2.75, 3.05) is 25.5 Å². The number of halogens is 3. The molecule has 2 amide bonds. The van der Waals surface area contributed by atoms with Gasteiger partial charge in [-0.15, -0.1) is 0 Å². The van der Waals surface area contributed by atoms with Crippen molar-refractivity contribution in [1.82, 2.24) is 14.5 Å². The lowest BCUT2D eigenvalue weighted by Gasteiger charge is -2.12. The van der Waals surface area contributed by atoms with Gasteiger partial charge in [-0.1, -0.05) is 12.1 Å². The zero-order chi connectivity index (χ0) is 23.8. The quantitative estimate of drug-likeness (QED) is 0.588. The van der Waals surface area contributed by atoms with E-state index in [0.717, 1.165) is 17.7 Å². The van der Waals surface area contributed by atoms with Crippen LogP contribution in [0.3, 0.4) is 0 Å². The van der Waals surface area contributed by atoms with Gasteiger partial charge in [-0.25, -0.2) is 4.98 Å². The fraction of sp³-hybridized carbons (Fsp3) is 0.348. The van der Waals surface area contributed by atoms with Crippen LogP contribution in [0.25, 0.3) is 11.0 Å². The minimum atomic E-state index is -4.56. The fourth-order valence-corrected chi connectivity index (χ4v) is 4.06. The predicted octanol–water partition coefficient (Wildman–Crippen LogP) is 3.64. The molecule has 174 valence electrons. The highest BCUT2D eigenvalue weighted by molar-refractivity contribution is 6.04. The summed E-state index contributed by atoms with van der Waals surface area (Å²) in [4.78, 5) is 31.3. The number of rotatable bonds is 6. The summed E-state index contributed by atoms with van der Waals surface area (Å²) < 4.78 is 40.8. The van der Waals surface area contributed by atoms with Crippen molar-refractivity contribution in [1.29, 1.82) is 0 Å². The molecule has 0 saturated carbocycles. The first kappa shape index (κ1) is 22.8. The van der Waals surface area contributed by atoms with Gasteiger partial charge in [0.05, 0.1) is 22.5 Å². The predicted molar refractivity (Wildman–Crippen MR) is 116 cm³/mol. The minimum absolute atomic E-state index is 0.0344. The summed E-state index contributed by atoms with van der Waals surface area (Å²) in [6, 6.07) is 9.61. The van der Waals surface area contributed by atoms with E-state index in [2.05, 4.69) is 10.3 Å². The highest BCUT2D eigenvalue weighted by atomic mass is 19.4. The van der Waals surface area contributed by atoms with E-state index in [1.807, 2.05) is 6.07 Å². The van der Waals surface area contributed by atoms with Gasteiger partial charge in [0.1, 0.15) is 0 Å². The third-order valence-corrected chi connectivity index (χ3v) is 5.82. The largest absolute Gasteiger partial charge is 0.416 e. The van der Waals surface area contributed by atoms with Crippen molar-refractivity contribution in [3.8, 4) is 0 Å². The first-order valence-corrected chi connectivity index (χ1v) is 10.5. The Hall–Kier alpha value is -3.40. The third-order valence-electron chi connectivity index (χ3n) is 5.82. The van der Waals surface area contributed by atoms with Crippen LogP contribution < -0.4 is 5.32 Å². The van der Waals surface area contributed by atoms with E-state index in [0.29, 0.717) is 37.0 Å². The van der Waals surface area contributed by atoms with Gasteiger partial charge >= 0.3 is 6.18 Å². The van der Waals surface area contributed by atoms with E-state index >= 15 is 0 Å². The number of aliphatic hydroxyl groups is 1. The molecule has 3 aromatic rings.